The lowest BCUT2D eigenvalue weighted by molar-refractivity contribution is -0.125. The van der Waals surface area contributed by atoms with Crippen molar-refractivity contribution in [3.05, 3.63) is 83.7 Å². The highest BCUT2D eigenvalue weighted by Crippen LogP contribution is 2.19. The molecule has 0 radical (unpaired) electrons. The van der Waals surface area contributed by atoms with Crippen LogP contribution in [0.4, 0.5) is 4.39 Å². The molecule has 0 fully saturated rings. The second-order valence-corrected chi connectivity index (χ2v) is 5.04. The molecule has 0 aliphatic heterocycles. The van der Waals surface area contributed by atoms with Crippen molar-refractivity contribution in [3.8, 4) is 0 Å². The second kappa shape index (κ2) is 7.31. The summed E-state index contributed by atoms with van der Waals surface area (Å²) >= 11 is 0. The first-order valence-corrected chi connectivity index (χ1v) is 7.01. The van der Waals surface area contributed by atoms with Gasteiger partial charge in [0.25, 0.3) is 11.8 Å². The van der Waals surface area contributed by atoms with Gasteiger partial charge in [-0.1, -0.05) is 49.0 Å². The maximum atomic E-state index is 13.1. The van der Waals surface area contributed by atoms with Crippen LogP contribution >= 0.6 is 0 Å². The number of halogens is 1. The van der Waals surface area contributed by atoms with Crippen LogP contribution < -0.4 is 5.32 Å². The van der Waals surface area contributed by atoms with E-state index < -0.39 is 17.6 Å². The summed E-state index contributed by atoms with van der Waals surface area (Å²) in [6, 6.07) is 14.7. The van der Waals surface area contributed by atoms with Crippen LogP contribution in [0.3, 0.4) is 0 Å². The summed E-state index contributed by atoms with van der Waals surface area (Å²) in [6.45, 7) is 5.02. The molecule has 0 bridgehead atoms. The minimum absolute atomic E-state index is 0.233. The fourth-order valence-electron chi connectivity index (χ4n) is 1.90. The SMILES string of the molecule is C=C(C)C(=O)NC(=O)/C(=C\c1ccccc1)c1ccc(F)cc1. The molecule has 0 saturated carbocycles. The van der Waals surface area contributed by atoms with Gasteiger partial charge in [0.1, 0.15) is 5.82 Å². The zero-order valence-corrected chi connectivity index (χ0v) is 12.7. The Labute approximate surface area is 134 Å². The molecule has 0 spiro atoms. The predicted molar refractivity (Wildman–Crippen MR) is 88.7 cm³/mol. The van der Waals surface area contributed by atoms with Gasteiger partial charge >= 0.3 is 0 Å². The molecule has 0 atom stereocenters. The highest BCUT2D eigenvalue weighted by Gasteiger charge is 2.15. The number of amides is 2. The van der Waals surface area contributed by atoms with Crippen LogP contribution in [0.15, 0.2) is 66.7 Å². The summed E-state index contributed by atoms with van der Waals surface area (Å²) in [4.78, 5) is 24.1. The van der Waals surface area contributed by atoms with Crippen LogP contribution in [-0.2, 0) is 9.59 Å². The van der Waals surface area contributed by atoms with Crippen LogP contribution in [0.2, 0.25) is 0 Å². The third kappa shape index (κ3) is 4.48. The topological polar surface area (TPSA) is 46.2 Å². The molecule has 23 heavy (non-hydrogen) atoms. The lowest BCUT2D eigenvalue weighted by Gasteiger charge is -2.09. The van der Waals surface area contributed by atoms with Crippen LogP contribution in [0, 0.1) is 5.82 Å². The van der Waals surface area contributed by atoms with Gasteiger partial charge in [-0.05, 0) is 36.3 Å². The first-order chi connectivity index (χ1) is 11.0. The maximum absolute atomic E-state index is 13.1. The molecule has 2 amide bonds. The monoisotopic (exact) mass is 309 g/mol. The number of benzene rings is 2. The van der Waals surface area contributed by atoms with Crippen molar-refractivity contribution in [2.24, 2.45) is 0 Å². The Kier molecular flexibility index (Phi) is 5.20. The summed E-state index contributed by atoms with van der Waals surface area (Å²) in [7, 11) is 0. The normalized spacial score (nSPS) is 11.0. The molecule has 3 nitrogen and oxygen atoms in total. The van der Waals surface area contributed by atoms with Crippen molar-refractivity contribution in [1.29, 1.82) is 0 Å². The van der Waals surface area contributed by atoms with Crippen molar-refractivity contribution in [2.75, 3.05) is 0 Å². The highest BCUT2D eigenvalue weighted by atomic mass is 19.1. The van der Waals surface area contributed by atoms with Gasteiger partial charge < -0.3 is 0 Å². The van der Waals surface area contributed by atoms with E-state index in [4.69, 9.17) is 0 Å². The number of imide groups is 1. The summed E-state index contributed by atoms with van der Waals surface area (Å²) in [5, 5.41) is 2.27. The lowest BCUT2D eigenvalue weighted by Crippen LogP contribution is -2.31. The van der Waals surface area contributed by atoms with Crippen molar-refractivity contribution >= 4 is 23.5 Å². The first-order valence-electron chi connectivity index (χ1n) is 7.01. The smallest absolute Gasteiger partial charge is 0.258 e. The Morgan fingerprint density at radius 3 is 2.17 bits per heavy atom. The molecular weight excluding hydrogens is 293 g/mol. The van der Waals surface area contributed by atoms with Crippen molar-refractivity contribution < 1.29 is 14.0 Å². The molecule has 0 unspecified atom stereocenters. The van der Waals surface area contributed by atoms with Gasteiger partial charge in [0.15, 0.2) is 0 Å². The molecule has 4 heteroatoms. The Hall–Kier alpha value is -3.01. The Morgan fingerprint density at radius 2 is 1.61 bits per heavy atom. The zero-order valence-electron chi connectivity index (χ0n) is 12.7. The summed E-state index contributed by atoms with van der Waals surface area (Å²) < 4.78 is 13.1. The zero-order chi connectivity index (χ0) is 16.8. The number of nitrogens with one attached hydrogen (secondary N) is 1. The highest BCUT2D eigenvalue weighted by molar-refractivity contribution is 6.28. The average molecular weight is 309 g/mol. The lowest BCUT2D eigenvalue weighted by atomic mass is 10.0. The van der Waals surface area contributed by atoms with Gasteiger partial charge in [0, 0.05) is 11.1 Å². The van der Waals surface area contributed by atoms with Crippen LogP contribution in [-0.4, -0.2) is 11.8 Å². The molecule has 2 aromatic rings. The number of rotatable bonds is 4. The van der Waals surface area contributed by atoms with Gasteiger partial charge in [-0.3, -0.25) is 14.9 Å². The van der Waals surface area contributed by atoms with E-state index in [-0.39, 0.29) is 11.1 Å². The number of hydrogen-bond acceptors (Lipinski definition) is 2. The fraction of sp³-hybridized carbons (Fsp3) is 0.0526. The second-order valence-electron chi connectivity index (χ2n) is 5.04. The number of carbonyl (C=O) groups is 2. The molecule has 0 aromatic heterocycles. The van der Waals surface area contributed by atoms with Crippen molar-refractivity contribution in [3.63, 3.8) is 0 Å². The van der Waals surface area contributed by atoms with E-state index in [2.05, 4.69) is 11.9 Å². The Morgan fingerprint density at radius 1 is 1.00 bits per heavy atom. The minimum atomic E-state index is -0.562. The quantitative estimate of drug-likeness (QED) is 0.693. The first kappa shape index (κ1) is 16.4. The van der Waals surface area contributed by atoms with E-state index in [1.165, 1.54) is 31.2 Å². The summed E-state index contributed by atoms with van der Waals surface area (Å²) in [6.07, 6.45) is 1.65. The Balaban J connectivity index is 2.41. The predicted octanol–water partition coefficient (Wildman–Crippen LogP) is 3.59. The number of carbonyl (C=O) groups excluding carboxylic acids is 2. The van der Waals surface area contributed by atoms with E-state index in [0.717, 1.165) is 5.56 Å². The largest absolute Gasteiger partial charge is 0.288 e. The summed E-state index contributed by atoms with van der Waals surface area (Å²) in [5.74, 6) is -1.50. The van der Waals surface area contributed by atoms with Crippen LogP contribution in [0.1, 0.15) is 18.1 Å². The van der Waals surface area contributed by atoms with Gasteiger partial charge in [-0.2, -0.15) is 0 Å². The van der Waals surface area contributed by atoms with E-state index in [0.29, 0.717) is 5.56 Å². The molecule has 1 N–H and O–H groups in total. The maximum Gasteiger partial charge on any atom is 0.258 e. The van der Waals surface area contributed by atoms with Crippen LogP contribution in [0.5, 0.6) is 0 Å². The third-order valence-electron chi connectivity index (χ3n) is 3.13. The molecule has 0 heterocycles. The minimum Gasteiger partial charge on any atom is -0.288 e. The van der Waals surface area contributed by atoms with Gasteiger partial charge in [-0.15, -0.1) is 0 Å². The van der Waals surface area contributed by atoms with Crippen LogP contribution in [0.25, 0.3) is 11.6 Å². The van der Waals surface area contributed by atoms with E-state index >= 15 is 0 Å². The number of hydrogen-bond donors (Lipinski definition) is 1. The molecule has 116 valence electrons. The molecule has 0 saturated heterocycles. The Bertz CT molecular complexity index is 762. The molecule has 0 aliphatic carbocycles. The molecule has 2 rings (SSSR count). The standard InChI is InChI=1S/C19H16FNO2/c1-13(2)18(22)21-19(23)17(12-14-6-4-3-5-7-14)15-8-10-16(20)11-9-15/h3-12H,1H2,2H3,(H,21,22,23)/b17-12-. The summed E-state index contributed by atoms with van der Waals surface area (Å²) in [5.41, 5.74) is 1.81. The van der Waals surface area contributed by atoms with Crippen molar-refractivity contribution in [1.82, 2.24) is 5.32 Å². The van der Waals surface area contributed by atoms with E-state index in [9.17, 15) is 14.0 Å². The van der Waals surface area contributed by atoms with Gasteiger partial charge in [0.05, 0.1) is 0 Å². The van der Waals surface area contributed by atoms with Gasteiger partial charge in [0.2, 0.25) is 0 Å². The average Bonchev–Trinajstić information content (AvgIpc) is 2.54. The molecule has 0 aliphatic rings. The van der Waals surface area contributed by atoms with Gasteiger partial charge in [-0.25, -0.2) is 4.39 Å². The molecule has 2 aromatic carbocycles. The van der Waals surface area contributed by atoms with Crippen molar-refractivity contribution in [2.45, 2.75) is 6.92 Å². The van der Waals surface area contributed by atoms with E-state index in [1.807, 2.05) is 30.3 Å². The fourth-order valence-corrected chi connectivity index (χ4v) is 1.90. The molecular formula is C19H16FNO2. The third-order valence-corrected chi connectivity index (χ3v) is 3.13. The van der Waals surface area contributed by atoms with E-state index in [1.54, 1.807) is 6.08 Å².